The van der Waals surface area contributed by atoms with E-state index in [-0.39, 0.29) is 66.6 Å². The zero-order valence-electron chi connectivity index (χ0n) is 39.2. The number of benzene rings is 4. The van der Waals surface area contributed by atoms with Crippen LogP contribution < -0.4 is 40.2 Å². The van der Waals surface area contributed by atoms with Crippen molar-refractivity contribution in [2.75, 3.05) is 28.4 Å². The molecule has 71 heavy (non-hydrogen) atoms. The molecule has 0 aliphatic heterocycles. The summed E-state index contributed by atoms with van der Waals surface area (Å²) in [4.78, 5) is 65.3. The van der Waals surface area contributed by atoms with Gasteiger partial charge in [-0.15, -0.1) is 0 Å². The number of hydrogen-bond acceptors (Lipinski definition) is 11. The van der Waals surface area contributed by atoms with Crippen molar-refractivity contribution >= 4 is 37.8 Å². The Bertz CT molecular complexity index is 2380. The SMILES string of the molecule is CNC(=O)[C@@H](NC(=O)[C@@H](Cc1ccc(OC)cc1)NC(=O)OCc1ccccc1)c1cc(OC)cc(Oc2cc([C@@H](NC(=O)OC(C)(C)C)C(=O)O)ccc2OC)c1.F[P-](F)(F)(F)(F)F.[CH]1[CH][CH][CH][CH]1.[Ru+2]. The fraction of sp³-hybridized carbons (Fsp3) is 0.277. The van der Waals surface area contributed by atoms with E-state index in [4.69, 9.17) is 28.4 Å². The van der Waals surface area contributed by atoms with E-state index in [1.54, 1.807) is 69.3 Å². The third-order valence-electron chi connectivity index (χ3n) is 8.90. The van der Waals surface area contributed by atoms with Crippen molar-refractivity contribution < 1.29 is 102 Å². The first-order valence-corrected chi connectivity index (χ1v) is 22.7. The summed E-state index contributed by atoms with van der Waals surface area (Å²) in [5.74, 6) is -1.49. The third kappa shape index (κ3) is 24.4. The van der Waals surface area contributed by atoms with Gasteiger partial charge in [0.2, 0.25) is 11.8 Å². The molecule has 4 aromatic carbocycles. The Morgan fingerprint density at radius 2 is 1.17 bits per heavy atom. The smallest absolute Gasteiger partial charge is 0.0312 e. The number of carboxylic acid groups (broad SMARTS) is 1. The first kappa shape index (κ1) is 60.8. The Morgan fingerprint density at radius 1 is 0.606 bits per heavy atom. The number of ether oxygens (including phenoxy) is 6. The van der Waals surface area contributed by atoms with Gasteiger partial charge < -0.3 is 54.8 Å². The van der Waals surface area contributed by atoms with E-state index in [9.17, 15) is 54.3 Å². The van der Waals surface area contributed by atoms with Crippen molar-refractivity contribution in [1.82, 2.24) is 21.3 Å². The Kier molecular flexibility index (Phi) is 22.4. The van der Waals surface area contributed by atoms with Crippen molar-refractivity contribution in [2.24, 2.45) is 0 Å². The molecule has 0 heterocycles. The molecule has 3 atom stereocenters. The van der Waals surface area contributed by atoms with Crippen LogP contribution in [-0.2, 0) is 56.4 Å². The third-order valence-corrected chi connectivity index (χ3v) is 8.90. The van der Waals surface area contributed by atoms with E-state index in [0.29, 0.717) is 11.3 Å². The topological polar surface area (TPSA) is 209 Å². The van der Waals surface area contributed by atoms with Gasteiger partial charge in [0.15, 0.2) is 17.5 Å². The number of carboxylic acids is 1. The standard InChI is InChI=1S/C42H48N4O12.C5H5.F6P.Ru/c1-42(2,3)58-41(52)46-36(39(49)50)27-15-18-33(55-7)34(22-27)57-31-21-28(20-30(23-31)54-6)35(38(48)43-4)45-37(47)32(19-25-13-16-29(53-5)17-14-25)44-40(51)56-24-26-11-9-8-10-12-26;1-2-4-5-3-1;1-7(2,3,4,5)6;/h8-18,20-23,32,35-36H,19,24H2,1-7H3,(H,43,48)(H,44,51)(H,45,47)(H,46,52)(H,49,50);1-5H;;/q;;-1;+2/t32-,35+,36-;;;/m1.../s1. The van der Waals surface area contributed by atoms with E-state index in [2.05, 4.69) is 21.3 Å². The molecule has 16 nitrogen and oxygen atoms in total. The molecule has 4 amide bonds. The molecule has 5 radical (unpaired) electrons. The summed E-state index contributed by atoms with van der Waals surface area (Å²) in [5, 5.41) is 20.3. The number of likely N-dealkylation sites (N-methyl/N-ethyl adjacent to an activating group) is 1. The van der Waals surface area contributed by atoms with Crippen LogP contribution in [0.4, 0.5) is 34.8 Å². The fourth-order valence-electron chi connectivity index (χ4n) is 5.85. The molecule has 24 heteroatoms. The maximum Gasteiger partial charge on any atom is 2.00 e. The van der Waals surface area contributed by atoms with Crippen LogP contribution in [0.1, 0.15) is 55.1 Å². The maximum absolute atomic E-state index is 14.1. The summed E-state index contributed by atoms with van der Waals surface area (Å²) < 4.78 is 92.3. The van der Waals surface area contributed by atoms with Gasteiger partial charge in [-0.05, 0) is 112 Å². The summed E-state index contributed by atoms with van der Waals surface area (Å²) >= 11 is 0. The molecule has 5 N–H and O–H groups in total. The van der Waals surface area contributed by atoms with Gasteiger partial charge in [0, 0.05) is 19.5 Å². The molecule has 1 aliphatic carbocycles. The van der Waals surface area contributed by atoms with E-state index >= 15 is 0 Å². The minimum Gasteiger partial charge on any atom is -0.0312 e. The van der Waals surface area contributed by atoms with Crippen LogP contribution in [0.25, 0.3) is 0 Å². The molecule has 1 saturated carbocycles. The van der Waals surface area contributed by atoms with E-state index in [1.807, 2.05) is 38.2 Å². The molecular weight excluding hydrogens is 1060 g/mol. The molecule has 0 spiro atoms. The van der Waals surface area contributed by atoms with Gasteiger partial charge in [0.1, 0.15) is 41.5 Å². The van der Waals surface area contributed by atoms with E-state index < -0.39 is 61.5 Å². The second-order valence-corrected chi connectivity index (χ2v) is 17.6. The molecule has 0 saturated heterocycles. The predicted octanol–water partition coefficient (Wildman–Crippen LogP) is 10.00. The molecule has 0 aromatic heterocycles. The Hall–Kier alpha value is -6.34. The number of rotatable bonds is 17. The number of carbonyl (C=O) groups excluding carboxylic acids is 4. The van der Waals surface area contributed by atoms with Crippen molar-refractivity contribution in [3.8, 4) is 28.7 Å². The minimum atomic E-state index is -10.7. The first-order valence-electron chi connectivity index (χ1n) is 20.7. The largest absolute Gasteiger partial charge is 2.00 e. The number of nitrogens with one attached hydrogen (secondary N) is 4. The minimum absolute atomic E-state index is 0. The number of methoxy groups -OCH3 is 3. The van der Waals surface area contributed by atoms with Crippen molar-refractivity contribution in [1.29, 1.82) is 0 Å². The summed E-state index contributed by atoms with van der Waals surface area (Å²) in [6, 6.07) is 20.7. The zero-order valence-corrected chi connectivity index (χ0v) is 41.8. The average Bonchev–Trinajstić information content (AvgIpc) is 3.88. The van der Waals surface area contributed by atoms with E-state index in [1.165, 1.54) is 64.8 Å². The van der Waals surface area contributed by atoms with E-state index in [0.717, 1.165) is 5.56 Å². The van der Waals surface area contributed by atoms with Crippen LogP contribution in [0.15, 0.2) is 91.0 Å². The molecule has 0 unspecified atom stereocenters. The zero-order chi connectivity index (χ0) is 52.4. The van der Waals surface area contributed by atoms with Gasteiger partial charge >= 0.3 is 70.6 Å². The average molecular weight is 1110 g/mol. The fourth-order valence-corrected chi connectivity index (χ4v) is 5.85. The summed E-state index contributed by atoms with van der Waals surface area (Å²) in [6.07, 6.45) is 8.23. The maximum atomic E-state index is 14.1. The number of aliphatic carboxylic acids is 1. The van der Waals surface area contributed by atoms with Crippen LogP contribution in [0.5, 0.6) is 28.7 Å². The van der Waals surface area contributed by atoms with Crippen molar-refractivity contribution in [3.05, 3.63) is 145 Å². The van der Waals surface area contributed by atoms with Gasteiger partial charge in [-0.3, -0.25) is 9.59 Å². The first-order chi connectivity index (χ1) is 32.6. The van der Waals surface area contributed by atoms with Gasteiger partial charge in [-0.1, -0.05) is 48.5 Å². The Labute approximate surface area is 419 Å². The van der Waals surface area contributed by atoms with Crippen LogP contribution in [-0.4, -0.2) is 75.1 Å². The normalized spacial score (nSPS) is 14.1. The number of alkyl carbamates (subject to hydrolysis) is 2. The molecule has 5 rings (SSSR count). The quantitative estimate of drug-likeness (QED) is 0.0380. The summed E-state index contributed by atoms with van der Waals surface area (Å²) in [5.41, 5.74) is 0.903. The molecule has 0 bridgehead atoms. The Morgan fingerprint density at radius 3 is 1.68 bits per heavy atom. The van der Waals surface area contributed by atoms with Crippen molar-refractivity contribution in [2.45, 2.75) is 57.5 Å². The number of carbonyl (C=O) groups is 5. The van der Waals surface area contributed by atoms with Crippen molar-refractivity contribution in [3.63, 3.8) is 0 Å². The number of amides is 4. The van der Waals surface area contributed by atoms with Gasteiger partial charge in [0.05, 0.1) is 21.3 Å². The van der Waals surface area contributed by atoms with Crippen LogP contribution in [0, 0.1) is 32.1 Å². The Balaban J connectivity index is 0.00000117. The number of hydrogen-bond donors (Lipinski definition) is 5. The van der Waals surface area contributed by atoms with Gasteiger partial charge in [0.25, 0.3) is 0 Å². The molecule has 4 aromatic rings. The second kappa shape index (κ2) is 26.2. The molecule has 1 aliphatic rings. The predicted molar refractivity (Wildman–Crippen MR) is 246 cm³/mol. The number of halogens is 6. The van der Waals surface area contributed by atoms with Gasteiger partial charge in [-0.25, -0.2) is 14.4 Å². The van der Waals surface area contributed by atoms with Crippen LogP contribution in [0.2, 0.25) is 0 Å². The monoisotopic (exact) mass is 1110 g/mol. The molecule has 387 valence electrons. The molecular formula is C47H53F6N4O12PRu+. The van der Waals surface area contributed by atoms with Crippen LogP contribution in [0.3, 0.4) is 0 Å². The summed E-state index contributed by atoms with van der Waals surface area (Å²) in [6.45, 7) is 4.90. The van der Waals surface area contributed by atoms with Crippen LogP contribution >= 0.6 is 7.81 Å². The molecule has 1 fully saturated rings. The summed E-state index contributed by atoms with van der Waals surface area (Å²) in [7, 11) is -4.95. The second-order valence-electron chi connectivity index (χ2n) is 15.7. The van der Waals surface area contributed by atoms with Gasteiger partial charge in [-0.2, -0.15) is 0 Å².